The van der Waals surface area contributed by atoms with Gasteiger partial charge >= 0.3 is 12.1 Å². The zero-order chi connectivity index (χ0) is 21.6. The van der Waals surface area contributed by atoms with Gasteiger partial charge in [0, 0.05) is 19.1 Å². The molecular weight excluding hydrogens is 374 g/mol. The lowest BCUT2D eigenvalue weighted by atomic mass is 9.70. The molecule has 29 heavy (non-hydrogen) atoms. The van der Waals surface area contributed by atoms with E-state index in [-0.39, 0.29) is 18.0 Å². The highest BCUT2D eigenvalue weighted by atomic mass is 16.4. The van der Waals surface area contributed by atoms with Crippen LogP contribution in [0.25, 0.3) is 0 Å². The third-order valence-corrected chi connectivity index (χ3v) is 6.47. The van der Waals surface area contributed by atoms with Crippen LogP contribution in [0.2, 0.25) is 0 Å². The Kier molecular flexibility index (Phi) is 5.36. The largest absolute Gasteiger partial charge is 0.465 e. The summed E-state index contributed by atoms with van der Waals surface area (Å²) < 4.78 is 1.65. The fraction of sp³-hybridized carbons (Fsp3) is 0.700. The van der Waals surface area contributed by atoms with Crippen molar-refractivity contribution in [2.75, 3.05) is 13.1 Å². The Morgan fingerprint density at radius 1 is 1.28 bits per heavy atom. The Morgan fingerprint density at radius 3 is 2.38 bits per heavy atom. The van der Waals surface area contributed by atoms with Gasteiger partial charge in [0.2, 0.25) is 5.91 Å². The predicted molar refractivity (Wildman–Crippen MR) is 107 cm³/mol. The maximum absolute atomic E-state index is 13.4. The van der Waals surface area contributed by atoms with Gasteiger partial charge in [0.15, 0.2) is 0 Å². The van der Waals surface area contributed by atoms with E-state index in [1.165, 1.54) is 0 Å². The summed E-state index contributed by atoms with van der Waals surface area (Å²) in [7, 11) is 0. The van der Waals surface area contributed by atoms with Crippen molar-refractivity contribution in [2.24, 2.45) is 5.41 Å². The molecule has 0 aromatic carbocycles. The second-order valence-corrected chi connectivity index (χ2v) is 9.01. The van der Waals surface area contributed by atoms with Gasteiger partial charge < -0.3 is 20.2 Å². The number of hydrogen-bond donors (Lipinski definition) is 2. The van der Waals surface area contributed by atoms with Crippen LogP contribution in [-0.4, -0.2) is 67.2 Å². The van der Waals surface area contributed by atoms with E-state index < -0.39 is 17.0 Å². The first-order valence-corrected chi connectivity index (χ1v) is 10.2. The summed E-state index contributed by atoms with van der Waals surface area (Å²) in [5.41, 5.74) is -0.863. The molecule has 2 N–H and O–H groups in total. The van der Waals surface area contributed by atoms with E-state index in [9.17, 15) is 19.5 Å². The minimum atomic E-state index is -1.20. The molecule has 0 spiro atoms. The molecular formula is C20H31N5O4. The monoisotopic (exact) mass is 405 g/mol. The molecule has 3 heterocycles. The van der Waals surface area contributed by atoms with Crippen LogP contribution in [0.15, 0.2) is 6.20 Å². The van der Waals surface area contributed by atoms with Gasteiger partial charge in [0.05, 0.1) is 18.4 Å². The topological polar surface area (TPSA) is 108 Å². The van der Waals surface area contributed by atoms with Crippen molar-refractivity contribution >= 4 is 18.0 Å². The number of piperidine rings is 1. The van der Waals surface area contributed by atoms with E-state index in [0.29, 0.717) is 44.7 Å². The summed E-state index contributed by atoms with van der Waals surface area (Å²) in [4.78, 5) is 45.4. The van der Waals surface area contributed by atoms with Gasteiger partial charge in [-0.25, -0.2) is 14.6 Å². The fourth-order valence-electron chi connectivity index (χ4n) is 4.68. The van der Waals surface area contributed by atoms with Crippen LogP contribution in [0.5, 0.6) is 0 Å². The van der Waals surface area contributed by atoms with Crippen LogP contribution < -0.4 is 5.32 Å². The number of nitrogens with one attached hydrogen (secondary N) is 1. The van der Waals surface area contributed by atoms with Gasteiger partial charge in [-0.2, -0.15) is 0 Å². The number of nitrogens with zero attached hydrogens (tertiary/aromatic N) is 4. The molecule has 0 radical (unpaired) electrons. The lowest BCUT2D eigenvalue weighted by Gasteiger charge is -2.47. The van der Waals surface area contributed by atoms with Crippen LogP contribution in [0.1, 0.15) is 58.5 Å². The van der Waals surface area contributed by atoms with Gasteiger partial charge in [0.25, 0.3) is 0 Å². The van der Waals surface area contributed by atoms with E-state index >= 15 is 0 Å². The van der Waals surface area contributed by atoms with Crippen LogP contribution in [-0.2, 0) is 11.3 Å². The minimum absolute atomic E-state index is 0.0510. The van der Waals surface area contributed by atoms with E-state index in [1.807, 2.05) is 39.5 Å². The van der Waals surface area contributed by atoms with E-state index in [2.05, 4.69) is 10.3 Å². The Balaban J connectivity index is 1.70. The Labute approximate surface area is 171 Å². The van der Waals surface area contributed by atoms with Crippen LogP contribution >= 0.6 is 0 Å². The highest BCUT2D eigenvalue weighted by Crippen LogP contribution is 2.36. The number of amides is 3. The minimum Gasteiger partial charge on any atom is -0.465 e. The molecule has 0 aliphatic carbocycles. The smallest absolute Gasteiger partial charge is 0.405 e. The van der Waals surface area contributed by atoms with Crippen molar-refractivity contribution in [3.05, 3.63) is 17.7 Å². The summed E-state index contributed by atoms with van der Waals surface area (Å²) in [6.07, 6.45) is 2.26. The Morgan fingerprint density at radius 2 is 1.90 bits per heavy atom. The Hall–Kier alpha value is -2.58. The molecule has 0 bridgehead atoms. The molecule has 1 aromatic heterocycles. The zero-order valence-corrected chi connectivity index (χ0v) is 17.9. The average Bonchev–Trinajstić information content (AvgIpc) is 3.18. The molecule has 9 heteroatoms. The number of carboxylic acid groups (broad SMARTS) is 1. The van der Waals surface area contributed by atoms with Gasteiger partial charge in [-0.1, -0.05) is 27.7 Å². The van der Waals surface area contributed by atoms with Crippen LogP contribution in [0.4, 0.5) is 9.59 Å². The number of fused-ring (bicyclic) bond motifs is 1. The predicted octanol–water partition coefficient (Wildman–Crippen LogP) is 2.43. The first kappa shape index (κ1) is 21.1. The third kappa shape index (κ3) is 3.47. The first-order valence-electron chi connectivity index (χ1n) is 10.2. The number of rotatable bonds is 4. The van der Waals surface area contributed by atoms with Crippen molar-refractivity contribution in [3.63, 3.8) is 0 Å². The average molecular weight is 405 g/mol. The molecule has 1 aromatic rings. The van der Waals surface area contributed by atoms with Crippen LogP contribution in [0, 0.1) is 12.3 Å². The molecule has 3 amide bonds. The summed E-state index contributed by atoms with van der Waals surface area (Å²) in [5, 5.41) is 11.9. The molecule has 0 saturated carbocycles. The standard InChI is InChI=1S/C20H31N5O4/c1-6-20(19(3,4)5,22-17(27)28)16(26)23-9-7-14(8-10-23)24-12-15-11-21-13(2)25(15)18(24)29/h11,14,22H,6-10,12H2,1-5H3,(H,27,28). The molecule has 9 nitrogen and oxygen atoms in total. The van der Waals surface area contributed by atoms with Crippen molar-refractivity contribution in [1.29, 1.82) is 0 Å². The van der Waals surface area contributed by atoms with Gasteiger partial charge in [0.1, 0.15) is 11.4 Å². The highest BCUT2D eigenvalue weighted by molar-refractivity contribution is 5.90. The van der Waals surface area contributed by atoms with Crippen molar-refractivity contribution in [1.82, 2.24) is 24.7 Å². The molecule has 160 valence electrons. The fourth-order valence-corrected chi connectivity index (χ4v) is 4.68. The normalized spacial score (nSPS) is 19.8. The maximum Gasteiger partial charge on any atom is 0.405 e. The highest BCUT2D eigenvalue weighted by Gasteiger charge is 2.51. The van der Waals surface area contributed by atoms with Gasteiger partial charge in [-0.3, -0.25) is 9.36 Å². The zero-order valence-electron chi connectivity index (χ0n) is 17.9. The van der Waals surface area contributed by atoms with Crippen LogP contribution in [0.3, 0.4) is 0 Å². The summed E-state index contributed by atoms with van der Waals surface area (Å²) in [6.45, 7) is 10.8. The number of aryl methyl sites for hydroxylation is 1. The van der Waals surface area contributed by atoms with Crippen molar-refractivity contribution in [3.8, 4) is 0 Å². The quantitative estimate of drug-likeness (QED) is 0.800. The molecule has 1 fully saturated rings. The summed E-state index contributed by atoms with van der Waals surface area (Å²) in [6, 6.07) is 0.00821. The van der Waals surface area contributed by atoms with Crippen molar-refractivity contribution < 1.29 is 19.5 Å². The summed E-state index contributed by atoms with van der Waals surface area (Å²) >= 11 is 0. The van der Waals surface area contributed by atoms with Gasteiger partial charge in [-0.15, -0.1) is 0 Å². The molecule has 2 aliphatic heterocycles. The first-order chi connectivity index (χ1) is 13.5. The summed E-state index contributed by atoms with van der Waals surface area (Å²) in [5.74, 6) is 0.505. The molecule has 2 aliphatic rings. The van der Waals surface area contributed by atoms with E-state index in [0.717, 1.165) is 5.69 Å². The maximum atomic E-state index is 13.4. The third-order valence-electron chi connectivity index (χ3n) is 6.47. The lowest BCUT2D eigenvalue weighted by molar-refractivity contribution is -0.144. The van der Waals surface area contributed by atoms with Gasteiger partial charge in [-0.05, 0) is 31.6 Å². The molecule has 1 unspecified atom stereocenters. The molecule has 1 atom stereocenters. The number of likely N-dealkylation sites (tertiary alicyclic amines) is 1. The van der Waals surface area contributed by atoms with Crippen molar-refractivity contribution in [2.45, 2.75) is 72.0 Å². The number of aromatic nitrogens is 2. The molecule has 3 rings (SSSR count). The lowest BCUT2D eigenvalue weighted by Crippen LogP contribution is -2.66. The number of carbonyl (C=O) groups is 3. The second-order valence-electron chi connectivity index (χ2n) is 9.01. The molecule has 1 saturated heterocycles. The van der Waals surface area contributed by atoms with E-state index in [4.69, 9.17) is 0 Å². The Bertz CT molecular complexity index is 819. The number of hydrogen-bond acceptors (Lipinski definition) is 4. The number of carbonyl (C=O) groups excluding carboxylic acids is 2. The second kappa shape index (κ2) is 7.35. The number of imidazole rings is 1. The van der Waals surface area contributed by atoms with E-state index in [1.54, 1.807) is 15.7 Å². The SMILES string of the molecule is CCC(NC(=O)O)(C(=O)N1CCC(N2Cc3cnc(C)n3C2=O)CC1)C(C)(C)C.